The summed E-state index contributed by atoms with van der Waals surface area (Å²) in [5.74, 6) is 0.773. The fourth-order valence-corrected chi connectivity index (χ4v) is 5.19. The lowest BCUT2D eigenvalue weighted by Crippen LogP contribution is -2.34. The maximum absolute atomic E-state index is 12.2. The first kappa shape index (κ1) is 28.1. The van der Waals surface area contributed by atoms with Crippen LogP contribution in [0.1, 0.15) is 50.3 Å². The molecule has 1 amide bonds. The average Bonchev–Trinajstić information content (AvgIpc) is 2.97. The minimum atomic E-state index is -0.674. The van der Waals surface area contributed by atoms with Gasteiger partial charge in [-0.25, -0.2) is 9.97 Å². The maximum atomic E-state index is 12.2. The number of aliphatic hydroxyl groups is 1. The second kappa shape index (κ2) is 13.3. The van der Waals surface area contributed by atoms with Gasteiger partial charge < -0.3 is 15.3 Å². The second-order valence-corrected chi connectivity index (χ2v) is 10.9. The monoisotopic (exact) mass is 574 g/mol. The molecule has 0 spiro atoms. The molecule has 0 aliphatic carbocycles. The first-order valence-electron chi connectivity index (χ1n) is 13.7. The van der Waals surface area contributed by atoms with Crippen LogP contribution < -0.4 is 10.2 Å². The van der Waals surface area contributed by atoms with Crippen molar-refractivity contribution in [3.05, 3.63) is 94.6 Å². The molecule has 8 heteroatoms. The number of anilines is 2. The van der Waals surface area contributed by atoms with Crippen molar-refractivity contribution in [1.29, 1.82) is 0 Å². The number of amides is 1. The Morgan fingerprint density at radius 1 is 0.825 bits per heavy atom. The van der Waals surface area contributed by atoms with Gasteiger partial charge in [0.25, 0.3) is 0 Å². The van der Waals surface area contributed by atoms with Crippen molar-refractivity contribution in [3.63, 3.8) is 0 Å². The first-order chi connectivity index (χ1) is 19.5. The summed E-state index contributed by atoms with van der Waals surface area (Å²) in [5.41, 5.74) is 4.65. The quantitative estimate of drug-likeness (QED) is 0.188. The Labute approximate surface area is 245 Å². The van der Waals surface area contributed by atoms with E-state index in [9.17, 15) is 9.90 Å². The van der Waals surface area contributed by atoms with Crippen LogP contribution in [0.25, 0.3) is 22.5 Å². The number of hydrogen-bond donors (Lipinski definition) is 2. The normalized spacial score (nSPS) is 14.6. The van der Waals surface area contributed by atoms with E-state index in [4.69, 9.17) is 33.2 Å². The maximum Gasteiger partial charge on any atom is 0.224 e. The Morgan fingerprint density at radius 3 is 2.08 bits per heavy atom. The number of carbonyl (C=O) groups excluding carboxylic acids is 1. The molecule has 4 aromatic rings. The summed E-state index contributed by atoms with van der Waals surface area (Å²) in [4.78, 5) is 24.5. The summed E-state index contributed by atoms with van der Waals surface area (Å²) in [6, 6.07) is 24.6. The van der Waals surface area contributed by atoms with Crippen molar-refractivity contribution in [2.45, 2.75) is 44.6 Å². The van der Waals surface area contributed by atoms with E-state index in [0.29, 0.717) is 40.8 Å². The molecular formula is C32H32Cl2N4O2. The molecule has 1 atom stereocenters. The third-order valence-corrected chi connectivity index (χ3v) is 7.57. The fourth-order valence-electron chi connectivity index (χ4n) is 4.94. The minimum absolute atomic E-state index is 0.0478. The molecule has 0 radical (unpaired) electrons. The lowest BCUT2D eigenvalue weighted by molar-refractivity contribution is -0.116. The summed E-state index contributed by atoms with van der Waals surface area (Å²) in [7, 11) is 0. The SMILES string of the molecule is O=C(CCCCCCN1CCC(O)c2nc(-c3ccc(Cl)cc3)c(-c3ccc(Cl)cc3)nc21)Nc1ccccc1. The number of nitrogens with zero attached hydrogens (tertiary/aromatic N) is 3. The lowest BCUT2D eigenvalue weighted by Gasteiger charge is -2.33. The Morgan fingerprint density at radius 2 is 1.43 bits per heavy atom. The van der Waals surface area contributed by atoms with Crippen LogP contribution in [0.15, 0.2) is 78.9 Å². The molecule has 6 nitrogen and oxygen atoms in total. The summed E-state index contributed by atoms with van der Waals surface area (Å²) in [5, 5.41) is 15.1. The molecule has 5 rings (SSSR count). The molecule has 0 saturated carbocycles. The standard InChI is InChI=1S/C32H32Cl2N4O2/c33-24-15-11-22(12-16-24)29-30(23-13-17-25(34)18-14-23)37-32-31(36-29)27(39)19-21-38(32)20-7-2-1-6-10-28(40)35-26-8-4-3-5-9-26/h3-5,8-9,11-18,27,39H,1-2,6-7,10,19-21H2,(H,35,40). The fraction of sp³-hybridized carbons (Fsp3) is 0.281. The van der Waals surface area contributed by atoms with Gasteiger partial charge in [0.2, 0.25) is 5.91 Å². The van der Waals surface area contributed by atoms with Crippen LogP contribution in [0, 0.1) is 0 Å². The number of benzene rings is 3. The highest BCUT2D eigenvalue weighted by molar-refractivity contribution is 6.31. The molecule has 1 unspecified atom stereocenters. The van der Waals surface area contributed by atoms with Gasteiger partial charge in [0.05, 0.1) is 11.4 Å². The van der Waals surface area contributed by atoms with Gasteiger partial charge in [-0.15, -0.1) is 0 Å². The van der Waals surface area contributed by atoms with Gasteiger partial charge in [0.1, 0.15) is 11.8 Å². The number of rotatable bonds is 10. The molecular weight excluding hydrogens is 543 g/mol. The molecule has 1 aliphatic rings. The molecule has 206 valence electrons. The van der Waals surface area contributed by atoms with E-state index in [0.717, 1.165) is 60.6 Å². The number of fused-ring (bicyclic) bond motifs is 1. The Balaban J connectivity index is 1.27. The highest BCUT2D eigenvalue weighted by atomic mass is 35.5. The number of aromatic nitrogens is 2. The molecule has 1 aliphatic heterocycles. The molecule has 3 aromatic carbocycles. The summed E-state index contributed by atoms with van der Waals surface area (Å²) in [6.45, 7) is 1.52. The number of hydrogen-bond acceptors (Lipinski definition) is 5. The van der Waals surface area contributed by atoms with E-state index in [1.807, 2.05) is 78.9 Å². The van der Waals surface area contributed by atoms with Crippen LogP contribution in [0.2, 0.25) is 10.0 Å². The molecule has 1 aromatic heterocycles. The van der Waals surface area contributed by atoms with Gasteiger partial charge in [-0.3, -0.25) is 4.79 Å². The van der Waals surface area contributed by atoms with E-state index < -0.39 is 6.10 Å². The van der Waals surface area contributed by atoms with Gasteiger partial charge in [-0.05, 0) is 55.7 Å². The number of nitrogens with one attached hydrogen (secondary N) is 1. The average molecular weight is 576 g/mol. The molecule has 2 heterocycles. The predicted molar refractivity (Wildman–Crippen MR) is 163 cm³/mol. The van der Waals surface area contributed by atoms with Crippen LogP contribution in [0.3, 0.4) is 0 Å². The number of halogens is 2. The summed E-state index contributed by atoms with van der Waals surface area (Å²) in [6.07, 6.45) is 4.23. The molecule has 40 heavy (non-hydrogen) atoms. The number of unbranched alkanes of at least 4 members (excludes halogenated alkanes) is 3. The van der Waals surface area contributed by atoms with Crippen molar-refractivity contribution in [3.8, 4) is 22.5 Å². The van der Waals surface area contributed by atoms with Crippen molar-refractivity contribution in [2.75, 3.05) is 23.3 Å². The minimum Gasteiger partial charge on any atom is -0.387 e. The van der Waals surface area contributed by atoms with Crippen LogP contribution in [-0.4, -0.2) is 34.1 Å². The van der Waals surface area contributed by atoms with Crippen molar-refractivity contribution in [1.82, 2.24) is 9.97 Å². The van der Waals surface area contributed by atoms with Crippen LogP contribution in [-0.2, 0) is 4.79 Å². The zero-order valence-corrected chi connectivity index (χ0v) is 23.7. The van der Waals surface area contributed by atoms with E-state index in [1.54, 1.807) is 0 Å². The largest absolute Gasteiger partial charge is 0.387 e. The predicted octanol–water partition coefficient (Wildman–Crippen LogP) is 7.95. The van der Waals surface area contributed by atoms with E-state index in [2.05, 4.69) is 10.2 Å². The van der Waals surface area contributed by atoms with E-state index >= 15 is 0 Å². The smallest absolute Gasteiger partial charge is 0.224 e. The van der Waals surface area contributed by atoms with Crippen LogP contribution >= 0.6 is 23.2 Å². The van der Waals surface area contributed by atoms with Gasteiger partial charge in [0, 0.05) is 46.4 Å². The molecule has 0 saturated heterocycles. The van der Waals surface area contributed by atoms with Crippen molar-refractivity contribution < 1.29 is 9.90 Å². The zero-order valence-electron chi connectivity index (χ0n) is 22.2. The topological polar surface area (TPSA) is 78.4 Å². The Kier molecular flexibility index (Phi) is 9.32. The number of para-hydroxylation sites is 1. The molecule has 0 fully saturated rings. The van der Waals surface area contributed by atoms with Gasteiger partial charge >= 0.3 is 0 Å². The van der Waals surface area contributed by atoms with E-state index in [1.165, 1.54) is 0 Å². The molecule has 0 bridgehead atoms. The van der Waals surface area contributed by atoms with Gasteiger partial charge in [-0.2, -0.15) is 0 Å². The van der Waals surface area contributed by atoms with Gasteiger partial charge in [0.15, 0.2) is 5.82 Å². The van der Waals surface area contributed by atoms with Crippen molar-refractivity contribution in [2.24, 2.45) is 0 Å². The zero-order chi connectivity index (χ0) is 27.9. The summed E-state index contributed by atoms with van der Waals surface area (Å²) >= 11 is 12.3. The third-order valence-electron chi connectivity index (χ3n) is 7.07. The Bertz CT molecular complexity index is 1430. The Hall–Kier alpha value is -3.45. The highest BCUT2D eigenvalue weighted by Gasteiger charge is 2.29. The van der Waals surface area contributed by atoms with Gasteiger partial charge in [-0.1, -0.05) is 78.5 Å². The second-order valence-electron chi connectivity index (χ2n) is 10.0. The lowest BCUT2D eigenvalue weighted by atomic mass is 10.0. The van der Waals surface area contributed by atoms with Crippen LogP contribution in [0.5, 0.6) is 0 Å². The van der Waals surface area contributed by atoms with Crippen LogP contribution in [0.4, 0.5) is 11.5 Å². The highest BCUT2D eigenvalue weighted by Crippen LogP contribution is 2.38. The first-order valence-corrected chi connectivity index (χ1v) is 14.5. The van der Waals surface area contributed by atoms with E-state index in [-0.39, 0.29) is 5.91 Å². The molecule has 2 N–H and O–H groups in total. The number of carbonyl (C=O) groups is 1. The summed E-state index contributed by atoms with van der Waals surface area (Å²) < 4.78 is 0. The third kappa shape index (κ3) is 7.00. The van der Waals surface area contributed by atoms with Crippen molar-refractivity contribution >= 4 is 40.6 Å². The number of aliphatic hydroxyl groups excluding tert-OH is 1.